The van der Waals surface area contributed by atoms with Gasteiger partial charge in [-0.15, -0.1) is 10.2 Å². The van der Waals surface area contributed by atoms with Crippen LogP contribution in [-0.4, -0.2) is 33.0 Å². The molecule has 0 saturated heterocycles. The fourth-order valence-electron chi connectivity index (χ4n) is 3.16. The number of nitrogens with one attached hydrogen (secondary N) is 1. The number of nitrogens with zero attached hydrogens (tertiary/aromatic N) is 3. The van der Waals surface area contributed by atoms with Crippen LogP contribution in [-0.2, 0) is 17.9 Å². The highest BCUT2D eigenvalue weighted by atomic mass is 32.2. The van der Waals surface area contributed by atoms with Crippen LogP contribution in [0.5, 0.6) is 5.75 Å². The van der Waals surface area contributed by atoms with Gasteiger partial charge in [-0.1, -0.05) is 54.2 Å². The van der Waals surface area contributed by atoms with Crippen molar-refractivity contribution >= 4 is 17.7 Å². The van der Waals surface area contributed by atoms with Crippen LogP contribution >= 0.6 is 11.8 Å². The van der Waals surface area contributed by atoms with Gasteiger partial charge < -0.3 is 14.5 Å². The van der Waals surface area contributed by atoms with Crippen molar-refractivity contribution in [2.24, 2.45) is 0 Å². The van der Waals surface area contributed by atoms with Gasteiger partial charge in [0.1, 0.15) is 5.75 Å². The van der Waals surface area contributed by atoms with Gasteiger partial charge in [-0.2, -0.15) is 0 Å². The van der Waals surface area contributed by atoms with Crippen LogP contribution in [0.1, 0.15) is 18.1 Å². The zero-order valence-electron chi connectivity index (χ0n) is 17.9. The predicted molar refractivity (Wildman–Crippen MR) is 123 cm³/mol. The Labute approximate surface area is 190 Å². The van der Waals surface area contributed by atoms with E-state index >= 15 is 0 Å². The van der Waals surface area contributed by atoms with Crippen molar-refractivity contribution < 1.29 is 13.9 Å². The third-order valence-corrected chi connectivity index (χ3v) is 6.00. The molecule has 0 saturated carbocycles. The van der Waals surface area contributed by atoms with Crippen LogP contribution in [0, 0.1) is 0 Å². The van der Waals surface area contributed by atoms with Gasteiger partial charge in [-0.25, -0.2) is 0 Å². The number of rotatable bonds is 9. The van der Waals surface area contributed by atoms with E-state index in [1.807, 2.05) is 78.2 Å². The molecule has 1 N–H and O–H groups in total. The molecule has 2 aromatic heterocycles. The van der Waals surface area contributed by atoms with E-state index in [4.69, 9.17) is 9.15 Å². The van der Waals surface area contributed by atoms with Gasteiger partial charge in [0.25, 0.3) is 0 Å². The van der Waals surface area contributed by atoms with Crippen molar-refractivity contribution in [1.82, 2.24) is 20.1 Å². The van der Waals surface area contributed by atoms with Gasteiger partial charge in [0.15, 0.2) is 10.9 Å². The Morgan fingerprint density at radius 3 is 2.53 bits per heavy atom. The molecule has 7 nitrogen and oxygen atoms in total. The highest BCUT2D eigenvalue weighted by Crippen LogP contribution is 2.28. The summed E-state index contributed by atoms with van der Waals surface area (Å²) in [5.74, 6) is 1.98. The Kier molecular flexibility index (Phi) is 6.91. The van der Waals surface area contributed by atoms with Crippen LogP contribution in [0.4, 0.5) is 0 Å². The van der Waals surface area contributed by atoms with Gasteiger partial charge in [-0.05, 0) is 42.3 Å². The van der Waals surface area contributed by atoms with Crippen molar-refractivity contribution in [2.45, 2.75) is 30.4 Å². The number of hydrogen-bond acceptors (Lipinski definition) is 6. The Bertz CT molecular complexity index is 1140. The van der Waals surface area contributed by atoms with Gasteiger partial charge in [0.05, 0.1) is 25.2 Å². The van der Waals surface area contributed by atoms with Gasteiger partial charge >= 0.3 is 0 Å². The monoisotopic (exact) mass is 448 g/mol. The molecule has 0 radical (unpaired) electrons. The number of amides is 1. The summed E-state index contributed by atoms with van der Waals surface area (Å²) in [5, 5.41) is 12.0. The summed E-state index contributed by atoms with van der Waals surface area (Å²) in [6, 6.07) is 21.4. The summed E-state index contributed by atoms with van der Waals surface area (Å²) < 4.78 is 12.7. The van der Waals surface area contributed by atoms with Crippen molar-refractivity contribution in [3.8, 4) is 17.3 Å². The minimum absolute atomic E-state index is 0.0698. The Hall–Kier alpha value is -3.52. The molecule has 4 aromatic rings. The molecule has 2 aromatic carbocycles. The summed E-state index contributed by atoms with van der Waals surface area (Å²) in [5.41, 5.74) is 2.11. The first-order valence-electron chi connectivity index (χ1n) is 10.2. The number of hydrogen-bond donors (Lipinski definition) is 1. The number of methoxy groups -OCH3 is 1. The molecule has 4 rings (SSSR count). The normalized spacial score (nSPS) is 11.8. The summed E-state index contributed by atoms with van der Waals surface area (Å²) in [6.07, 6.45) is 1.61. The molecule has 0 spiro atoms. The van der Waals surface area contributed by atoms with E-state index in [0.717, 1.165) is 16.9 Å². The lowest BCUT2D eigenvalue weighted by molar-refractivity contribution is -0.120. The fourth-order valence-corrected chi connectivity index (χ4v) is 4.03. The summed E-state index contributed by atoms with van der Waals surface area (Å²) in [7, 11) is 1.63. The number of carbonyl (C=O) groups excluding carboxylic acids is 1. The van der Waals surface area contributed by atoms with Crippen LogP contribution in [0.3, 0.4) is 0 Å². The molecule has 2 heterocycles. The smallest absolute Gasteiger partial charge is 0.233 e. The number of thioether (sulfide) groups is 1. The molecule has 0 aliphatic heterocycles. The third kappa shape index (κ3) is 5.20. The largest absolute Gasteiger partial charge is 0.497 e. The maximum Gasteiger partial charge on any atom is 0.233 e. The first-order valence-corrected chi connectivity index (χ1v) is 11.1. The van der Waals surface area contributed by atoms with E-state index in [1.54, 1.807) is 13.4 Å². The van der Waals surface area contributed by atoms with E-state index in [2.05, 4.69) is 15.5 Å². The topological polar surface area (TPSA) is 82.2 Å². The second-order valence-electron chi connectivity index (χ2n) is 7.18. The average molecular weight is 449 g/mol. The van der Waals surface area contributed by atoms with Crippen molar-refractivity contribution in [2.75, 3.05) is 7.11 Å². The molecule has 0 bridgehead atoms. The molecule has 8 heteroatoms. The lowest BCUT2D eigenvalue weighted by Crippen LogP contribution is -2.30. The lowest BCUT2D eigenvalue weighted by atomic mass is 10.2. The zero-order valence-corrected chi connectivity index (χ0v) is 18.7. The fraction of sp³-hybridized carbons (Fsp3) is 0.208. The van der Waals surface area contributed by atoms with E-state index < -0.39 is 0 Å². The van der Waals surface area contributed by atoms with Crippen LogP contribution in [0.25, 0.3) is 11.6 Å². The maximum atomic E-state index is 12.7. The maximum absolute atomic E-state index is 12.7. The van der Waals surface area contributed by atoms with Crippen LogP contribution in [0.2, 0.25) is 0 Å². The van der Waals surface area contributed by atoms with Crippen LogP contribution in [0.15, 0.2) is 82.6 Å². The minimum Gasteiger partial charge on any atom is -0.497 e. The molecule has 0 aliphatic rings. The molecule has 164 valence electrons. The minimum atomic E-state index is -0.351. The highest BCUT2D eigenvalue weighted by Gasteiger charge is 2.22. The van der Waals surface area contributed by atoms with Crippen LogP contribution < -0.4 is 10.1 Å². The van der Waals surface area contributed by atoms with Gasteiger partial charge in [0, 0.05) is 6.54 Å². The standard InChI is InChI=1S/C24H24N4O3S/c1-17(23(29)25-15-18-10-12-20(30-2)13-11-18)32-24-27-26-22(21-9-6-14-31-21)28(24)16-19-7-4-3-5-8-19/h3-14,17H,15-16H2,1-2H3,(H,25,29)/t17-/m0/s1. The average Bonchev–Trinajstić information content (AvgIpc) is 3.49. The predicted octanol–water partition coefficient (Wildman–Crippen LogP) is 4.39. The molecule has 0 unspecified atom stereocenters. The first-order chi connectivity index (χ1) is 15.6. The van der Waals surface area contributed by atoms with Crippen molar-refractivity contribution in [3.63, 3.8) is 0 Å². The summed E-state index contributed by atoms with van der Waals surface area (Å²) in [4.78, 5) is 12.7. The molecule has 32 heavy (non-hydrogen) atoms. The van der Waals surface area contributed by atoms with E-state index in [9.17, 15) is 4.79 Å². The second-order valence-corrected chi connectivity index (χ2v) is 8.49. The Morgan fingerprint density at radius 2 is 1.84 bits per heavy atom. The Balaban J connectivity index is 1.46. The number of ether oxygens (including phenoxy) is 1. The zero-order chi connectivity index (χ0) is 22.3. The van der Waals surface area contributed by atoms with Crippen molar-refractivity contribution in [1.29, 1.82) is 0 Å². The van der Waals surface area contributed by atoms with Crippen molar-refractivity contribution in [3.05, 3.63) is 84.1 Å². The quantitative estimate of drug-likeness (QED) is 0.383. The first kappa shape index (κ1) is 21.7. The number of furan rings is 1. The lowest BCUT2D eigenvalue weighted by Gasteiger charge is -2.14. The summed E-state index contributed by atoms with van der Waals surface area (Å²) >= 11 is 1.37. The van der Waals surface area contributed by atoms with Gasteiger partial charge in [-0.3, -0.25) is 9.36 Å². The molecular weight excluding hydrogens is 424 g/mol. The molecule has 1 amide bonds. The number of aromatic nitrogens is 3. The highest BCUT2D eigenvalue weighted by molar-refractivity contribution is 8.00. The van der Waals surface area contributed by atoms with E-state index in [1.165, 1.54) is 11.8 Å². The molecule has 1 atom stereocenters. The summed E-state index contributed by atoms with van der Waals surface area (Å²) in [6.45, 7) is 2.89. The third-order valence-electron chi connectivity index (χ3n) is 4.92. The molecule has 0 aliphatic carbocycles. The van der Waals surface area contributed by atoms with E-state index in [-0.39, 0.29) is 11.2 Å². The number of carbonyl (C=O) groups is 1. The SMILES string of the molecule is COc1ccc(CNC(=O)[C@H](C)Sc2nnc(-c3ccco3)n2Cc2ccccc2)cc1. The van der Waals surface area contributed by atoms with Gasteiger partial charge in [0.2, 0.25) is 11.7 Å². The number of benzene rings is 2. The second kappa shape index (κ2) is 10.2. The van der Waals surface area contributed by atoms with E-state index in [0.29, 0.717) is 29.8 Å². The molecular formula is C24H24N4O3S. The molecule has 0 fully saturated rings. The Morgan fingerprint density at radius 1 is 1.06 bits per heavy atom.